The van der Waals surface area contributed by atoms with Crippen LogP contribution in [0.2, 0.25) is 0 Å². The molecule has 1 aromatic heterocycles. The molecule has 0 atom stereocenters. The number of anilines is 1. The van der Waals surface area contributed by atoms with E-state index in [1.807, 2.05) is 0 Å². The monoisotopic (exact) mass is 382 g/mol. The number of rotatable bonds is 5. The summed E-state index contributed by atoms with van der Waals surface area (Å²) in [5.41, 5.74) is 0.864. The maximum atomic E-state index is 12.8. The second-order valence-electron chi connectivity index (χ2n) is 5.70. The number of carbonyl (C=O) groups excluding carboxylic acids is 2. The summed E-state index contributed by atoms with van der Waals surface area (Å²) in [5, 5.41) is 7.04. The maximum Gasteiger partial charge on any atom is 0.332 e. The smallest absolute Gasteiger partial charge is 0.332 e. The van der Waals surface area contributed by atoms with Crippen LogP contribution < -0.4 is 20.3 Å². The number of benzene rings is 2. The van der Waals surface area contributed by atoms with Gasteiger partial charge in [-0.05, 0) is 41.6 Å². The van der Waals surface area contributed by atoms with Gasteiger partial charge >= 0.3 is 5.97 Å². The normalized spacial score (nSPS) is 11.2. The van der Waals surface area contributed by atoms with Crippen LogP contribution in [-0.2, 0) is 9.63 Å². The molecule has 0 saturated carbocycles. The average molecular weight is 382 g/mol. The highest BCUT2D eigenvalue weighted by Crippen LogP contribution is 2.25. The molecular formula is C20H18N2O6. The summed E-state index contributed by atoms with van der Waals surface area (Å²) in [7, 11) is 3.05. The fourth-order valence-electron chi connectivity index (χ4n) is 2.49. The van der Waals surface area contributed by atoms with E-state index in [2.05, 4.69) is 15.3 Å². The van der Waals surface area contributed by atoms with Gasteiger partial charge in [0.05, 0.1) is 14.2 Å². The average Bonchev–Trinajstić information content (AvgIpc) is 2.71. The summed E-state index contributed by atoms with van der Waals surface area (Å²) in [5.74, 6) is -0.00314. The first-order valence-corrected chi connectivity index (χ1v) is 8.29. The van der Waals surface area contributed by atoms with Crippen LogP contribution in [0.1, 0.15) is 17.3 Å². The molecule has 1 amide bonds. The maximum absolute atomic E-state index is 12.8. The Kier molecular flexibility index (Phi) is 5.59. The highest BCUT2D eigenvalue weighted by atomic mass is 16.7. The van der Waals surface area contributed by atoms with Gasteiger partial charge in [0.2, 0.25) is 0 Å². The van der Waals surface area contributed by atoms with Crippen molar-refractivity contribution in [1.29, 1.82) is 0 Å². The molecule has 8 heteroatoms. The van der Waals surface area contributed by atoms with E-state index >= 15 is 0 Å². The van der Waals surface area contributed by atoms with Crippen molar-refractivity contribution in [2.45, 2.75) is 6.92 Å². The lowest BCUT2D eigenvalue weighted by atomic mass is 10.1. The van der Waals surface area contributed by atoms with Gasteiger partial charge in [-0.1, -0.05) is 12.1 Å². The minimum absolute atomic E-state index is 0.0952. The van der Waals surface area contributed by atoms with E-state index in [9.17, 15) is 9.59 Å². The molecule has 0 fully saturated rings. The molecule has 28 heavy (non-hydrogen) atoms. The molecule has 2 aromatic carbocycles. The summed E-state index contributed by atoms with van der Waals surface area (Å²) in [6.07, 6.45) is 0. The minimum atomic E-state index is -0.642. The molecule has 3 rings (SSSR count). The summed E-state index contributed by atoms with van der Waals surface area (Å²) >= 11 is 0. The summed E-state index contributed by atoms with van der Waals surface area (Å²) in [4.78, 5) is 28.6. The summed E-state index contributed by atoms with van der Waals surface area (Å²) in [6, 6.07) is 13.7. The number of nitrogens with zero attached hydrogens (tertiary/aromatic N) is 1. The van der Waals surface area contributed by atoms with Gasteiger partial charge in [0.25, 0.3) is 11.5 Å². The van der Waals surface area contributed by atoms with Gasteiger partial charge in [-0.3, -0.25) is 4.79 Å². The van der Waals surface area contributed by atoms with Crippen molar-refractivity contribution >= 4 is 28.5 Å². The van der Waals surface area contributed by atoms with Crippen LogP contribution in [-0.4, -0.2) is 26.1 Å². The predicted octanol–water partition coefficient (Wildman–Crippen LogP) is 3.08. The Morgan fingerprint density at radius 3 is 2.43 bits per heavy atom. The highest BCUT2D eigenvalue weighted by molar-refractivity contribution is 6.05. The van der Waals surface area contributed by atoms with Crippen molar-refractivity contribution < 1.29 is 28.3 Å². The molecule has 8 nitrogen and oxygen atoms in total. The first kappa shape index (κ1) is 19.0. The molecule has 0 aliphatic heterocycles. The van der Waals surface area contributed by atoms with Crippen LogP contribution in [0.15, 0.2) is 58.1 Å². The Morgan fingerprint density at radius 1 is 1.04 bits per heavy atom. The lowest BCUT2D eigenvalue weighted by molar-refractivity contribution is -0.141. The molecule has 0 unspecified atom stereocenters. The van der Waals surface area contributed by atoms with E-state index in [4.69, 9.17) is 13.9 Å². The Balaban J connectivity index is 2.06. The van der Waals surface area contributed by atoms with Crippen molar-refractivity contribution in [2.24, 2.45) is 5.16 Å². The third-order valence-corrected chi connectivity index (χ3v) is 3.81. The second kappa shape index (κ2) is 8.26. The van der Waals surface area contributed by atoms with E-state index in [1.54, 1.807) is 55.6 Å². The lowest BCUT2D eigenvalue weighted by Gasteiger charge is -2.09. The van der Waals surface area contributed by atoms with Crippen molar-refractivity contribution in [3.05, 3.63) is 59.6 Å². The van der Waals surface area contributed by atoms with E-state index in [0.29, 0.717) is 28.2 Å². The van der Waals surface area contributed by atoms with Gasteiger partial charge < -0.3 is 24.0 Å². The first-order chi connectivity index (χ1) is 13.5. The molecule has 0 spiro atoms. The number of hydrogen-bond acceptors (Lipinski definition) is 7. The van der Waals surface area contributed by atoms with Gasteiger partial charge in [0.15, 0.2) is 11.3 Å². The van der Waals surface area contributed by atoms with E-state index in [1.165, 1.54) is 14.0 Å². The van der Waals surface area contributed by atoms with Gasteiger partial charge in [-0.25, -0.2) is 4.79 Å². The Labute approximate surface area is 160 Å². The summed E-state index contributed by atoms with van der Waals surface area (Å²) in [6.45, 7) is 1.20. The van der Waals surface area contributed by atoms with Crippen molar-refractivity contribution in [3.63, 3.8) is 0 Å². The Morgan fingerprint density at radius 2 is 1.79 bits per heavy atom. The predicted molar refractivity (Wildman–Crippen MR) is 101 cm³/mol. The van der Waals surface area contributed by atoms with Crippen molar-refractivity contribution in [3.8, 4) is 11.5 Å². The SMILES string of the molecule is COc1ccc(NC(=O)c2cc3cccc(OC)c3oc2=NOC(C)=O)cc1. The van der Waals surface area contributed by atoms with E-state index in [-0.39, 0.29) is 11.1 Å². The molecular weight excluding hydrogens is 364 g/mol. The largest absolute Gasteiger partial charge is 0.497 e. The first-order valence-electron chi connectivity index (χ1n) is 8.29. The number of nitrogens with one attached hydrogen (secondary N) is 1. The number of methoxy groups -OCH3 is 2. The molecule has 0 aliphatic rings. The van der Waals surface area contributed by atoms with Gasteiger partial charge in [0.1, 0.15) is 11.3 Å². The number of hydrogen-bond donors (Lipinski definition) is 1. The molecule has 144 valence electrons. The standard InChI is InChI=1S/C20H18N2O6/c1-12(23)28-22-20-16(11-13-5-4-6-17(26-3)18(13)27-20)19(24)21-14-7-9-15(25-2)10-8-14/h4-11H,1-3H3,(H,21,24). The third-order valence-electron chi connectivity index (χ3n) is 3.81. The zero-order valence-corrected chi connectivity index (χ0v) is 15.5. The van der Waals surface area contributed by atoms with Crippen LogP contribution in [0.5, 0.6) is 11.5 Å². The minimum Gasteiger partial charge on any atom is -0.497 e. The van der Waals surface area contributed by atoms with Crippen molar-refractivity contribution in [1.82, 2.24) is 0 Å². The van der Waals surface area contributed by atoms with Gasteiger partial charge in [-0.15, -0.1) is 0 Å². The zero-order valence-electron chi connectivity index (χ0n) is 15.5. The van der Waals surface area contributed by atoms with Crippen LogP contribution >= 0.6 is 0 Å². The van der Waals surface area contributed by atoms with Crippen LogP contribution in [0.3, 0.4) is 0 Å². The fraction of sp³-hybridized carbons (Fsp3) is 0.150. The van der Waals surface area contributed by atoms with Crippen molar-refractivity contribution in [2.75, 3.05) is 19.5 Å². The fourth-order valence-corrected chi connectivity index (χ4v) is 2.49. The van der Waals surface area contributed by atoms with Crippen LogP contribution in [0, 0.1) is 0 Å². The van der Waals surface area contributed by atoms with E-state index < -0.39 is 11.9 Å². The molecule has 1 N–H and O–H groups in total. The molecule has 1 heterocycles. The molecule has 0 radical (unpaired) electrons. The number of para-hydroxylation sites is 1. The topological polar surface area (TPSA) is 99.4 Å². The molecule has 3 aromatic rings. The van der Waals surface area contributed by atoms with Gasteiger partial charge in [-0.2, -0.15) is 0 Å². The second-order valence-corrected chi connectivity index (χ2v) is 5.70. The third kappa shape index (κ3) is 4.12. The number of ether oxygens (including phenoxy) is 2. The lowest BCUT2D eigenvalue weighted by Crippen LogP contribution is -2.22. The molecule has 0 saturated heterocycles. The Hall–Kier alpha value is -3.81. The quantitative estimate of drug-likeness (QED) is 0.538. The molecule has 0 aliphatic carbocycles. The number of carbonyl (C=O) groups is 2. The van der Waals surface area contributed by atoms with Crippen LogP contribution in [0.25, 0.3) is 11.0 Å². The van der Waals surface area contributed by atoms with E-state index in [0.717, 1.165) is 0 Å². The van der Waals surface area contributed by atoms with Crippen LogP contribution in [0.4, 0.5) is 5.69 Å². The zero-order chi connectivity index (χ0) is 20.1. The Bertz CT molecular complexity index is 1090. The number of amides is 1. The number of fused-ring (bicyclic) bond motifs is 1. The van der Waals surface area contributed by atoms with Gasteiger partial charge in [0, 0.05) is 18.0 Å². The highest BCUT2D eigenvalue weighted by Gasteiger charge is 2.15. The molecule has 0 bridgehead atoms. The summed E-state index contributed by atoms with van der Waals surface area (Å²) < 4.78 is 16.1.